The van der Waals surface area contributed by atoms with Gasteiger partial charge in [-0.15, -0.1) is 0 Å². The Morgan fingerprint density at radius 3 is 2.75 bits per heavy atom. The monoisotopic (exact) mass is 272 g/mol. The van der Waals surface area contributed by atoms with Gasteiger partial charge in [-0.1, -0.05) is 19.3 Å². The highest BCUT2D eigenvalue weighted by Crippen LogP contribution is 2.29. The fourth-order valence-corrected chi connectivity index (χ4v) is 3.24. The Kier molecular flexibility index (Phi) is 4.37. The van der Waals surface area contributed by atoms with E-state index in [1.165, 1.54) is 50.6 Å². The zero-order valence-corrected chi connectivity index (χ0v) is 12.2. The maximum Gasteiger partial charge on any atom is 0.0765 e. The average Bonchev–Trinajstić information content (AvgIpc) is 3.23. The molecule has 2 fully saturated rings. The summed E-state index contributed by atoms with van der Waals surface area (Å²) >= 11 is 0. The van der Waals surface area contributed by atoms with Crippen molar-refractivity contribution < 1.29 is 0 Å². The van der Waals surface area contributed by atoms with E-state index in [1.807, 2.05) is 0 Å². The maximum absolute atomic E-state index is 8.76. The summed E-state index contributed by atoms with van der Waals surface area (Å²) in [5.74, 6) is 0. The molecule has 0 amide bonds. The van der Waals surface area contributed by atoms with Crippen LogP contribution in [0.2, 0.25) is 0 Å². The third-order valence-corrected chi connectivity index (χ3v) is 4.55. The summed E-state index contributed by atoms with van der Waals surface area (Å²) in [6.07, 6.45) is 12.0. The molecule has 0 radical (unpaired) electrons. The molecule has 0 saturated heterocycles. The predicted octanol–water partition coefficient (Wildman–Crippen LogP) is 3.27. The summed E-state index contributed by atoms with van der Waals surface area (Å²) in [6.45, 7) is 1.80. The van der Waals surface area contributed by atoms with Crippen LogP contribution in [0.4, 0.5) is 0 Å². The van der Waals surface area contributed by atoms with Crippen molar-refractivity contribution in [2.24, 2.45) is 0 Å². The molecule has 20 heavy (non-hydrogen) atoms. The van der Waals surface area contributed by atoms with Crippen molar-refractivity contribution in [3.05, 3.63) is 18.0 Å². The van der Waals surface area contributed by atoms with Crippen LogP contribution < -0.4 is 0 Å². The Labute approximate surface area is 121 Å². The second-order valence-electron chi connectivity index (χ2n) is 6.19. The molecule has 0 aromatic carbocycles. The number of hydrogen-bond acceptors (Lipinski definition) is 3. The minimum atomic E-state index is 0.617. The number of nitriles is 1. The van der Waals surface area contributed by atoms with E-state index < -0.39 is 0 Å². The van der Waals surface area contributed by atoms with Crippen molar-refractivity contribution in [1.29, 1.82) is 5.26 Å². The molecule has 0 aliphatic heterocycles. The highest BCUT2D eigenvalue weighted by molar-refractivity contribution is 5.02. The molecular weight excluding hydrogens is 248 g/mol. The quantitative estimate of drug-likeness (QED) is 0.798. The van der Waals surface area contributed by atoms with Crippen molar-refractivity contribution in [3.8, 4) is 6.07 Å². The summed E-state index contributed by atoms with van der Waals surface area (Å²) in [5.41, 5.74) is 1.17. The van der Waals surface area contributed by atoms with Crippen molar-refractivity contribution >= 4 is 0 Å². The molecule has 108 valence electrons. The number of nitrogens with zero attached hydrogens (tertiary/aromatic N) is 4. The van der Waals surface area contributed by atoms with Crippen LogP contribution in [0.3, 0.4) is 0 Å². The first-order valence-electron chi connectivity index (χ1n) is 8.02. The predicted molar refractivity (Wildman–Crippen MR) is 78.0 cm³/mol. The van der Waals surface area contributed by atoms with E-state index in [2.05, 4.69) is 27.9 Å². The zero-order chi connectivity index (χ0) is 13.8. The summed E-state index contributed by atoms with van der Waals surface area (Å²) in [5, 5.41) is 13.5. The van der Waals surface area contributed by atoms with Crippen LogP contribution in [-0.4, -0.2) is 27.3 Å². The lowest BCUT2D eigenvalue weighted by Gasteiger charge is -2.22. The van der Waals surface area contributed by atoms with E-state index in [0.717, 1.165) is 13.1 Å². The van der Waals surface area contributed by atoms with E-state index in [4.69, 9.17) is 10.4 Å². The van der Waals surface area contributed by atoms with Gasteiger partial charge in [0.2, 0.25) is 0 Å². The molecule has 1 aromatic heterocycles. The Morgan fingerprint density at radius 1 is 1.25 bits per heavy atom. The van der Waals surface area contributed by atoms with E-state index in [1.54, 1.807) is 0 Å². The van der Waals surface area contributed by atoms with Gasteiger partial charge in [0.05, 0.1) is 17.8 Å². The van der Waals surface area contributed by atoms with Gasteiger partial charge < -0.3 is 0 Å². The van der Waals surface area contributed by atoms with Crippen LogP contribution in [0, 0.1) is 11.3 Å². The first-order chi connectivity index (χ1) is 9.86. The Bertz CT molecular complexity index is 463. The van der Waals surface area contributed by atoms with E-state index in [0.29, 0.717) is 18.5 Å². The van der Waals surface area contributed by atoms with Crippen LogP contribution in [0.1, 0.15) is 63.1 Å². The second-order valence-corrected chi connectivity index (χ2v) is 6.19. The molecule has 3 rings (SSSR count). The molecule has 0 spiro atoms. The topological polar surface area (TPSA) is 44.9 Å². The van der Waals surface area contributed by atoms with Crippen LogP contribution in [-0.2, 0) is 6.54 Å². The number of rotatable bonds is 6. The van der Waals surface area contributed by atoms with Crippen molar-refractivity contribution in [2.75, 3.05) is 6.54 Å². The Hall–Kier alpha value is -1.34. The molecule has 2 saturated carbocycles. The molecule has 1 heterocycles. The highest BCUT2D eigenvalue weighted by Gasteiger charge is 2.29. The van der Waals surface area contributed by atoms with Gasteiger partial charge in [0.1, 0.15) is 0 Å². The smallest absolute Gasteiger partial charge is 0.0765 e. The highest BCUT2D eigenvalue weighted by atomic mass is 15.3. The molecule has 4 nitrogen and oxygen atoms in total. The van der Waals surface area contributed by atoms with Gasteiger partial charge in [0.15, 0.2) is 0 Å². The lowest BCUT2D eigenvalue weighted by molar-refractivity contribution is 0.254. The molecule has 0 atom stereocenters. The molecule has 0 unspecified atom stereocenters. The minimum Gasteiger partial charge on any atom is -0.293 e. The standard InChI is InChI=1S/C16H24N4/c17-10-4-11-19(15-7-8-15)13-14-9-12-20(18-14)16-5-2-1-3-6-16/h9,12,15-16H,1-8,11,13H2. The van der Waals surface area contributed by atoms with Gasteiger partial charge in [-0.2, -0.15) is 10.4 Å². The van der Waals surface area contributed by atoms with E-state index >= 15 is 0 Å². The van der Waals surface area contributed by atoms with Crippen LogP contribution in [0.15, 0.2) is 12.3 Å². The lowest BCUT2D eigenvalue weighted by atomic mass is 9.96. The third kappa shape index (κ3) is 3.40. The zero-order valence-electron chi connectivity index (χ0n) is 12.2. The Morgan fingerprint density at radius 2 is 2.05 bits per heavy atom. The second kappa shape index (κ2) is 6.41. The molecule has 2 aliphatic carbocycles. The average molecular weight is 272 g/mol. The van der Waals surface area contributed by atoms with Gasteiger partial charge in [-0.25, -0.2) is 0 Å². The first kappa shape index (κ1) is 13.6. The normalized spacial score (nSPS) is 20.2. The fourth-order valence-electron chi connectivity index (χ4n) is 3.24. The largest absolute Gasteiger partial charge is 0.293 e. The molecule has 0 bridgehead atoms. The molecule has 0 N–H and O–H groups in total. The summed E-state index contributed by atoms with van der Waals surface area (Å²) < 4.78 is 2.18. The molecule has 1 aromatic rings. The van der Waals surface area contributed by atoms with Gasteiger partial charge in [-0.05, 0) is 31.7 Å². The number of hydrogen-bond donors (Lipinski definition) is 0. The first-order valence-corrected chi connectivity index (χ1v) is 8.02. The Balaban J connectivity index is 1.59. The van der Waals surface area contributed by atoms with Crippen LogP contribution >= 0.6 is 0 Å². The van der Waals surface area contributed by atoms with Crippen LogP contribution in [0.5, 0.6) is 0 Å². The van der Waals surface area contributed by atoms with Crippen molar-refractivity contribution in [3.63, 3.8) is 0 Å². The van der Waals surface area contributed by atoms with E-state index in [9.17, 15) is 0 Å². The van der Waals surface area contributed by atoms with Crippen molar-refractivity contribution in [2.45, 2.75) is 70.0 Å². The molecule has 4 heteroatoms. The van der Waals surface area contributed by atoms with Crippen molar-refractivity contribution in [1.82, 2.24) is 14.7 Å². The van der Waals surface area contributed by atoms with Crippen LogP contribution in [0.25, 0.3) is 0 Å². The van der Waals surface area contributed by atoms with Gasteiger partial charge in [-0.3, -0.25) is 9.58 Å². The molecular formula is C16H24N4. The third-order valence-electron chi connectivity index (χ3n) is 4.55. The summed E-state index contributed by atoms with van der Waals surface area (Å²) in [7, 11) is 0. The number of aromatic nitrogens is 2. The summed E-state index contributed by atoms with van der Waals surface area (Å²) in [4.78, 5) is 2.43. The minimum absolute atomic E-state index is 0.617. The fraction of sp³-hybridized carbons (Fsp3) is 0.750. The lowest BCUT2D eigenvalue weighted by Crippen LogP contribution is -2.27. The summed E-state index contributed by atoms with van der Waals surface area (Å²) in [6, 6.07) is 5.73. The molecule has 2 aliphatic rings. The van der Waals surface area contributed by atoms with Gasteiger partial charge in [0, 0.05) is 31.7 Å². The maximum atomic E-state index is 8.76. The van der Waals surface area contributed by atoms with E-state index in [-0.39, 0.29) is 0 Å². The van der Waals surface area contributed by atoms with Gasteiger partial charge in [0.25, 0.3) is 0 Å². The SMILES string of the molecule is N#CCCN(Cc1ccn(C2CCCCC2)n1)C1CC1. The van der Waals surface area contributed by atoms with Gasteiger partial charge >= 0.3 is 0 Å².